The molecule has 1 aliphatic carbocycles. The number of nitrogens with zero attached hydrogens (tertiary/aromatic N) is 1. The molecule has 0 unspecified atom stereocenters. The van der Waals surface area contributed by atoms with Crippen LogP contribution in [0.25, 0.3) is 0 Å². The van der Waals surface area contributed by atoms with E-state index >= 15 is 0 Å². The van der Waals surface area contributed by atoms with Gasteiger partial charge < -0.3 is 15.2 Å². The topological polar surface area (TPSA) is 78.9 Å². The van der Waals surface area contributed by atoms with Crippen LogP contribution in [0, 0.1) is 5.92 Å². The molecule has 1 saturated carbocycles. The van der Waals surface area contributed by atoms with Crippen molar-refractivity contribution in [3.63, 3.8) is 0 Å². The maximum atomic E-state index is 12.1. The number of fused-ring (bicyclic) bond motifs is 1. The molecule has 2 saturated heterocycles. The third kappa shape index (κ3) is 6.34. The molecule has 2 aliphatic heterocycles. The minimum Gasteiger partial charge on any atom is -0.475 e. The number of nitrogens with one attached hydrogen (secondary N) is 1. The average molecular weight is 394 g/mol. The van der Waals surface area contributed by atoms with Gasteiger partial charge in [-0.05, 0) is 52.0 Å². The second-order valence-electron chi connectivity index (χ2n) is 7.85. The van der Waals surface area contributed by atoms with Crippen LogP contribution >= 0.6 is 0 Å². The van der Waals surface area contributed by atoms with Crippen LogP contribution in [-0.4, -0.2) is 65.4 Å². The molecule has 0 aromatic heterocycles. The highest BCUT2D eigenvalue weighted by atomic mass is 19.4. The Morgan fingerprint density at radius 2 is 1.78 bits per heavy atom. The number of rotatable bonds is 3. The molecule has 0 spiro atoms. The van der Waals surface area contributed by atoms with Crippen LogP contribution < -0.4 is 5.32 Å². The van der Waals surface area contributed by atoms with E-state index in [-0.39, 0.29) is 24.2 Å². The molecule has 3 aliphatic rings. The minimum absolute atomic E-state index is 0.0850. The normalized spacial score (nSPS) is 29.2. The molecule has 0 radical (unpaired) electrons. The van der Waals surface area contributed by atoms with E-state index in [0.29, 0.717) is 5.92 Å². The molecule has 156 valence electrons. The number of halogens is 3. The van der Waals surface area contributed by atoms with Crippen molar-refractivity contribution in [2.24, 2.45) is 5.92 Å². The van der Waals surface area contributed by atoms with Crippen LogP contribution in [0.1, 0.15) is 52.4 Å². The molecule has 3 rings (SSSR count). The lowest BCUT2D eigenvalue weighted by Crippen LogP contribution is -2.46. The van der Waals surface area contributed by atoms with Gasteiger partial charge in [0.25, 0.3) is 0 Å². The monoisotopic (exact) mass is 394 g/mol. The van der Waals surface area contributed by atoms with E-state index in [1.807, 2.05) is 13.8 Å². The van der Waals surface area contributed by atoms with Gasteiger partial charge >= 0.3 is 12.1 Å². The number of likely N-dealkylation sites (tertiary alicyclic amines) is 1. The molecule has 1 amide bonds. The summed E-state index contributed by atoms with van der Waals surface area (Å²) in [6.07, 6.45) is 2.59. The zero-order valence-electron chi connectivity index (χ0n) is 15.8. The van der Waals surface area contributed by atoms with E-state index in [2.05, 4.69) is 10.2 Å². The average Bonchev–Trinajstić information content (AvgIpc) is 3.22. The highest BCUT2D eigenvalue weighted by Crippen LogP contribution is 2.36. The number of alkyl halides is 3. The Bertz CT molecular complexity index is 521. The first-order valence-corrected chi connectivity index (χ1v) is 9.58. The second-order valence-corrected chi connectivity index (χ2v) is 7.85. The molecule has 27 heavy (non-hydrogen) atoms. The van der Waals surface area contributed by atoms with Gasteiger partial charge in [0.05, 0.1) is 6.10 Å². The molecule has 3 fully saturated rings. The molecular weight excluding hydrogens is 365 g/mol. The highest BCUT2D eigenvalue weighted by Gasteiger charge is 2.43. The fourth-order valence-electron chi connectivity index (χ4n) is 4.10. The number of piperidine rings is 1. The zero-order chi connectivity index (χ0) is 20.2. The van der Waals surface area contributed by atoms with Gasteiger partial charge in [0.15, 0.2) is 0 Å². The molecule has 0 aromatic rings. The van der Waals surface area contributed by atoms with Gasteiger partial charge in [-0.25, -0.2) is 4.79 Å². The van der Waals surface area contributed by atoms with Crippen LogP contribution in [0.15, 0.2) is 0 Å². The number of carboxylic acid groups (broad SMARTS) is 1. The lowest BCUT2D eigenvalue weighted by atomic mass is 9.90. The third-order valence-electron chi connectivity index (χ3n) is 5.39. The number of aliphatic carboxylic acids is 1. The summed E-state index contributed by atoms with van der Waals surface area (Å²) in [6.45, 7) is 6.25. The molecule has 0 bridgehead atoms. The number of hydrogen-bond donors (Lipinski definition) is 2. The molecule has 3 atom stereocenters. The lowest BCUT2D eigenvalue weighted by Gasteiger charge is -2.37. The summed E-state index contributed by atoms with van der Waals surface area (Å²) in [6, 6.07) is 0.979. The van der Waals surface area contributed by atoms with Crippen molar-refractivity contribution in [3.05, 3.63) is 0 Å². The Morgan fingerprint density at radius 1 is 1.19 bits per heavy atom. The first kappa shape index (κ1) is 21.9. The number of carbonyl (C=O) groups is 2. The summed E-state index contributed by atoms with van der Waals surface area (Å²) in [5.74, 6) is -2.08. The number of hydrogen-bond acceptors (Lipinski definition) is 4. The van der Waals surface area contributed by atoms with Crippen molar-refractivity contribution in [2.45, 2.75) is 82.8 Å². The lowest BCUT2D eigenvalue weighted by molar-refractivity contribution is -0.192. The summed E-state index contributed by atoms with van der Waals surface area (Å²) in [7, 11) is 0. The highest BCUT2D eigenvalue weighted by molar-refractivity contribution is 5.81. The minimum atomic E-state index is -5.08. The van der Waals surface area contributed by atoms with E-state index in [0.717, 1.165) is 19.0 Å². The summed E-state index contributed by atoms with van der Waals surface area (Å²) < 4.78 is 37.8. The van der Waals surface area contributed by atoms with E-state index in [1.54, 1.807) is 0 Å². The van der Waals surface area contributed by atoms with Crippen LogP contribution in [0.3, 0.4) is 0 Å². The third-order valence-corrected chi connectivity index (χ3v) is 5.39. The van der Waals surface area contributed by atoms with Crippen molar-refractivity contribution >= 4 is 11.9 Å². The molecule has 9 heteroatoms. The molecular formula is C18H29F3N2O4. The Balaban J connectivity index is 0.000000321. The first-order valence-electron chi connectivity index (χ1n) is 9.58. The SMILES string of the molecule is CC(C)NC(=O)[C@H]1C[C@@H]2CCN(C3CCCC3)C[C@@H]2O1.O=C(O)C(F)(F)F. The van der Waals surface area contributed by atoms with Gasteiger partial charge in [-0.1, -0.05) is 12.8 Å². The summed E-state index contributed by atoms with van der Waals surface area (Å²) >= 11 is 0. The fraction of sp³-hybridized carbons (Fsp3) is 0.889. The second kappa shape index (κ2) is 9.23. The maximum Gasteiger partial charge on any atom is 0.490 e. The van der Waals surface area contributed by atoms with Crippen LogP contribution in [0.2, 0.25) is 0 Å². The Hall–Kier alpha value is -1.35. The van der Waals surface area contributed by atoms with Crippen molar-refractivity contribution < 1.29 is 32.6 Å². The van der Waals surface area contributed by atoms with E-state index in [4.69, 9.17) is 14.6 Å². The van der Waals surface area contributed by atoms with Crippen LogP contribution in [0.5, 0.6) is 0 Å². The molecule has 0 aromatic carbocycles. The van der Waals surface area contributed by atoms with Crippen LogP contribution in [-0.2, 0) is 14.3 Å². The molecule has 2 N–H and O–H groups in total. The quantitative estimate of drug-likeness (QED) is 0.769. The van der Waals surface area contributed by atoms with Crippen molar-refractivity contribution in [1.82, 2.24) is 10.2 Å². The Labute approximate surface area is 157 Å². The smallest absolute Gasteiger partial charge is 0.475 e. The van der Waals surface area contributed by atoms with Gasteiger partial charge in [-0.2, -0.15) is 13.2 Å². The van der Waals surface area contributed by atoms with E-state index in [9.17, 15) is 18.0 Å². The molecule has 6 nitrogen and oxygen atoms in total. The first-order chi connectivity index (χ1) is 12.6. The van der Waals surface area contributed by atoms with Crippen LogP contribution in [0.4, 0.5) is 13.2 Å². The Kier molecular flexibility index (Phi) is 7.50. The van der Waals surface area contributed by atoms with Gasteiger partial charge in [0.2, 0.25) is 5.91 Å². The largest absolute Gasteiger partial charge is 0.490 e. The molecule has 2 heterocycles. The van der Waals surface area contributed by atoms with Gasteiger partial charge in [-0.3, -0.25) is 9.69 Å². The number of ether oxygens (including phenoxy) is 1. The number of carbonyl (C=O) groups excluding carboxylic acids is 1. The fourth-order valence-corrected chi connectivity index (χ4v) is 4.10. The van der Waals surface area contributed by atoms with Gasteiger partial charge in [-0.15, -0.1) is 0 Å². The van der Waals surface area contributed by atoms with Gasteiger partial charge in [0.1, 0.15) is 6.10 Å². The predicted octanol–water partition coefficient (Wildman–Crippen LogP) is 2.57. The maximum absolute atomic E-state index is 12.1. The van der Waals surface area contributed by atoms with E-state index < -0.39 is 12.1 Å². The van der Waals surface area contributed by atoms with Crippen molar-refractivity contribution in [1.29, 1.82) is 0 Å². The number of amides is 1. The van der Waals surface area contributed by atoms with Gasteiger partial charge in [0, 0.05) is 18.6 Å². The standard InChI is InChI=1S/C16H28N2O2.C2HF3O2/c1-11(2)17-16(19)14-9-12-7-8-18(10-15(12)20-14)13-5-3-4-6-13;3-2(4,5)1(6)7/h11-15H,3-10H2,1-2H3,(H,17,19);(H,6,7)/t12-,14+,15-;/m0./s1. The van der Waals surface area contributed by atoms with Crippen molar-refractivity contribution in [2.75, 3.05) is 13.1 Å². The summed E-state index contributed by atoms with van der Waals surface area (Å²) in [5, 5.41) is 10.1. The number of carboxylic acids is 1. The zero-order valence-corrected chi connectivity index (χ0v) is 15.8. The summed E-state index contributed by atoms with van der Waals surface area (Å²) in [4.78, 5) is 23.6. The summed E-state index contributed by atoms with van der Waals surface area (Å²) in [5.41, 5.74) is 0. The van der Waals surface area contributed by atoms with E-state index in [1.165, 1.54) is 38.6 Å². The van der Waals surface area contributed by atoms with Crippen molar-refractivity contribution in [3.8, 4) is 0 Å². The predicted molar refractivity (Wildman–Crippen MR) is 92.2 cm³/mol. The Morgan fingerprint density at radius 3 is 2.30 bits per heavy atom.